The summed E-state index contributed by atoms with van der Waals surface area (Å²) in [6.45, 7) is 11.0. The maximum Gasteiger partial charge on any atom is 0.0192 e. The van der Waals surface area contributed by atoms with Gasteiger partial charge in [0.2, 0.25) is 0 Å². The normalized spacial score (nSPS) is 26.7. The molecule has 0 spiro atoms. The Morgan fingerprint density at radius 1 is 1.11 bits per heavy atom. The quantitative estimate of drug-likeness (QED) is 0.786. The van der Waals surface area contributed by atoms with Gasteiger partial charge in [-0.15, -0.1) is 0 Å². The van der Waals surface area contributed by atoms with Crippen molar-refractivity contribution in [2.45, 2.75) is 84.2 Å². The first-order valence-electron chi connectivity index (χ1n) is 8.66. The molecule has 2 aliphatic rings. The van der Waals surface area contributed by atoms with E-state index >= 15 is 0 Å². The van der Waals surface area contributed by atoms with Crippen molar-refractivity contribution in [2.75, 3.05) is 19.6 Å². The summed E-state index contributed by atoms with van der Waals surface area (Å²) in [4.78, 5) is 2.71. The zero-order valence-corrected chi connectivity index (χ0v) is 13.4. The van der Waals surface area contributed by atoms with Crippen molar-refractivity contribution < 1.29 is 0 Å². The van der Waals surface area contributed by atoms with E-state index in [4.69, 9.17) is 0 Å². The second kappa shape index (κ2) is 7.08. The summed E-state index contributed by atoms with van der Waals surface area (Å²) in [5.74, 6) is 0. The third-order valence-electron chi connectivity index (χ3n) is 6.04. The lowest BCUT2D eigenvalue weighted by atomic mass is 9.74. The third-order valence-corrected chi connectivity index (χ3v) is 6.04. The molecule has 1 saturated carbocycles. The number of hydrogen-bond acceptors (Lipinski definition) is 2. The van der Waals surface area contributed by atoms with Gasteiger partial charge in [-0.2, -0.15) is 0 Å². The van der Waals surface area contributed by atoms with Gasteiger partial charge in [-0.1, -0.05) is 39.5 Å². The lowest BCUT2D eigenvalue weighted by Crippen LogP contribution is -2.48. The molecule has 0 aromatic rings. The maximum absolute atomic E-state index is 3.79. The average Bonchev–Trinajstić information content (AvgIpc) is 2.98. The minimum Gasteiger partial charge on any atom is -0.312 e. The second-order valence-electron chi connectivity index (χ2n) is 6.98. The summed E-state index contributed by atoms with van der Waals surface area (Å²) in [6.07, 6.45) is 11.2. The van der Waals surface area contributed by atoms with Gasteiger partial charge in [0.1, 0.15) is 0 Å². The first kappa shape index (κ1) is 15.3. The summed E-state index contributed by atoms with van der Waals surface area (Å²) in [6, 6.07) is 1.53. The third kappa shape index (κ3) is 3.95. The largest absolute Gasteiger partial charge is 0.312 e. The van der Waals surface area contributed by atoms with Crippen LogP contribution in [0.5, 0.6) is 0 Å². The molecule has 0 radical (unpaired) electrons. The Hall–Kier alpha value is -0.0800. The molecule has 112 valence electrons. The van der Waals surface area contributed by atoms with Crippen molar-refractivity contribution in [1.29, 1.82) is 0 Å². The molecule has 0 amide bonds. The van der Waals surface area contributed by atoms with Crippen molar-refractivity contribution >= 4 is 0 Å². The predicted molar refractivity (Wildman–Crippen MR) is 83.5 cm³/mol. The van der Waals surface area contributed by atoms with E-state index in [9.17, 15) is 0 Å². The molecule has 2 heteroatoms. The zero-order chi connectivity index (χ0) is 13.7. The molecular formula is C17H34N2. The van der Waals surface area contributed by atoms with Gasteiger partial charge in [0.05, 0.1) is 0 Å². The van der Waals surface area contributed by atoms with Gasteiger partial charge in [-0.3, -0.25) is 4.90 Å². The highest BCUT2D eigenvalue weighted by Crippen LogP contribution is 2.38. The molecule has 1 aliphatic heterocycles. The first-order valence-corrected chi connectivity index (χ1v) is 8.66. The van der Waals surface area contributed by atoms with Crippen molar-refractivity contribution in [2.24, 2.45) is 5.41 Å². The predicted octanol–water partition coefficient (Wildman–Crippen LogP) is 3.81. The van der Waals surface area contributed by atoms with E-state index in [-0.39, 0.29) is 0 Å². The Labute approximate surface area is 120 Å². The monoisotopic (exact) mass is 266 g/mol. The van der Waals surface area contributed by atoms with Gasteiger partial charge >= 0.3 is 0 Å². The highest BCUT2D eigenvalue weighted by Gasteiger charge is 2.32. The molecule has 1 heterocycles. The minimum absolute atomic E-state index is 0.662. The van der Waals surface area contributed by atoms with E-state index in [1.165, 1.54) is 71.0 Å². The molecule has 0 bridgehead atoms. The number of piperidine rings is 1. The number of nitrogens with one attached hydrogen (secondary N) is 1. The number of hydrogen-bond donors (Lipinski definition) is 1. The fraction of sp³-hybridized carbons (Fsp3) is 1.00. The molecule has 2 fully saturated rings. The fourth-order valence-electron chi connectivity index (χ4n) is 3.99. The Bertz CT molecular complexity index is 244. The Balaban J connectivity index is 1.71. The van der Waals surface area contributed by atoms with Crippen LogP contribution in [0.15, 0.2) is 0 Å². The molecule has 1 atom stereocenters. The van der Waals surface area contributed by atoms with Crippen LogP contribution in [0.1, 0.15) is 72.1 Å². The summed E-state index contributed by atoms with van der Waals surface area (Å²) in [7, 11) is 0. The highest BCUT2D eigenvalue weighted by molar-refractivity contribution is 4.86. The fourth-order valence-corrected chi connectivity index (χ4v) is 3.99. The van der Waals surface area contributed by atoms with E-state index in [0.29, 0.717) is 11.5 Å². The topological polar surface area (TPSA) is 15.3 Å². The molecule has 2 rings (SSSR count). The highest BCUT2D eigenvalue weighted by atomic mass is 15.2. The van der Waals surface area contributed by atoms with Crippen LogP contribution in [0.4, 0.5) is 0 Å². The van der Waals surface area contributed by atoms with Gasteiger partial charge in [0, 0.05) is 18.6 Å². The molecule has 1 unspecified atom stereocenters. The van der Waals surface area contributed by atoms with Crippen molar-refractivity contribution in [3.05, 3.63) is 0 Å². The van der Waals surface area contributed by atoms with Gasteiger partial charge in [0.15, 0.2) is 0 Å². The lowest BCUT2D eigenvalue weighted by Gasteiger charge is -2.43. The van der Waals surface area contributed by atoms with Crippen LogP contribution in [0.2, 0.25) is 0 Å². The van der Waals surface area contributed by atoms with Gasteiger partial charge in [-0.05, 0) is 51.1 Å². The number of rotatable bonds is 6. The molecule has 1 N–H and O–H groups in total. The zero-order valence-electron chi connectivity index (χ0n) is 13.4. The maximum atomic E-state index is 3.79. The van der Waals surface area contributed by atoms with Gasteiger partial charge in [-0.25, -0.2) is 0 Å². The number of nitrogens with zero attached hydrogens (tertiary/aromatic N) is 1. The molecule has 0 aromatic carbocycles. The lowest BCUT2D eigenvalue weighted by molar-refractivity contribution is 0.0701. The van der Waals surface area contributed by atoms with E-state index in [0.717, 1.165) is 6.04 Å². The van der Waals surface area contributed by atoms with Gasteiger partial charge < -0.3 is 5.32 Å². The van der Waals surface area contributed by atoms with Crippen LogP contribution in [-0.4, -0.2) is 36.6 Å². The molecule has 19 heavy (non-hydrogen) atoms. The second-order valence-corrected chi connectivity index (χ2v) is 6.98. The van der Waals surface area contributed by atoms with Crippen LogP contribution >= 0.6 is 0 Å². The van der Waals surface area contributed by atoms with E-state index in [1.807, 2.05) is 0 Å². The Morgan fingerprint density at radius 3 is 2.21 bits per heavy atom. The van der Waals surface area contributed by atoms with Crippen molar-refractivity contribution in [3.8, 4) is 0 Å². The van der Waals surface area contributed by atoms with E-state index < -0.39 is 0 Å². The Kier molecular flexibility index (Phi) is 5.70. The molecular weight excluding hydrogens is 232 g/mol. The van der Waals surface area contributed by atoms with Gasteiger partial charge in [0.25, 0.3) is 0 Å². The van der Waals surface area contributed by atoms with Crippen molar-refractivity contribution in [1.82, 2.24) is 10.2 Å². The van der Waals surface area contributed by atoms with E-state index in [2.05, 4.69) is 31.0 Å². The van der Waals surface area contributed by atoms with Crippen LogP contribution in [0.3, 0.4) is 0 Å². The first-order chi connectivity index (χ1) is 9.19. The summed E-state index contributed by atoms with van der Waals surface area (Å²) in [5.41, 5.74) is 0.662. The number of likely N-dealkylation sites (tertiary alicyclic amines) is 1. The minimum atomic E-state index is 0.662. The molecule has 2 nitrogen and oxygen atoms in total. The summed E-state index contributed by atoms with van der Waals surface area (Å²) >= 11 is 0. The summed E-state index contributed by atoms with van der Waals surface area (Å²) < 4.78 is 0. The molecule has 0 aromatic heterocycles. The van der Waals surface area contributed by atoms with Crippen LogP contribution in [0.25, 0.3) is 0 Å². The SMILES string of the molecule is CCC1(CC)CCN(C(C)CNC2CCCC2)CC1. The standard InChI is InChI=1S/C17H34N2/c1-4-17(5-2)10-12-19(13-11-17)15(3)14-18-16-8-6-7-9-16/h15-16,18H,4-14H2,1-3H3. The Morgan fingerprint density at radius 2 is 1.68 bits per heavy atom. The van der Waals surface area contributed by atoms with Crippen LogP contribution in [-0.2, 0) is 0 Å². The molecule has 1 aliphatic carbocycles. The van der Waals surface area contributed by atoms with Crippen LogP contribution < -0.4 is 5.32 Å². The summed E-state index contributed by atoms with van der Waals surface area (Å²) in [5, 5.41) is 3.79. The van der Waals surface area contributed by atoms with Crippen molar-refractivity contribution in [3.63, 3.8) is 0 Å². The van der Waals surface area contributed by atoms with E-state index in [1.54, 1.807) is 0 Å². The molecule has 1 saturated heterocycles. The van der Waals surface area contributed by atoms with Crippen LogP contribution in [0, 0.1) is 5.41 Å². The average molecular weight is 266 g/mol. The smallest absolute Gasteiger partial charge is 0.0192 e.